The van der Waals surface area contributed by atoms with Gasteiger partial charge in [0.1, 0.15) is 5.75 Å². The van der Waals surface area contributed by atoms with Gasteiger partial charge in [-0.25, -0.2) is 0 Å². The number of hydrogen-bond donors (Lipinski definition) is 2. The van der Waals surface area contributed by atoms with Gasteiger partial charge < -0.3 is 10.2 Å². The molecule has 112 valence electrons. The van der Waals surface area contributed by atoms with Gasteiger partial charge in [-0.1, -0.05) is 19.6 Å². The van der Waals surface area contributed by atoms with Gasteiger partial charge in [-0.05, 0) is 78.7 Å². The van der Waals surface area contributed by atoms with Crippen molar-refractivity contribution in [2.45, 2.75) is 51.0 Å². The number of aryl methyl sites for hydroxylation is 1. The molecule has 4 rings (SSSR count). The van der Waals surface area contributed by atoms with Gasteiger partial charge in [-0.15, -0.1) is 0 Å². The summed E-state index contributed by atoms with van der Waals surface area (Å²) >= 11 is 0. The minimum absolute atomic E-state index is 0.0344. The fourth-order valence-electron chi connectivity index (χ4n) is 5.50. The van der Waals surface area contributed by atoms with Gasteiger partial charge in [0.2, 0.25) is 0 Å². The summed E-state index contributed by atoms with van der Waals surface area (Å²) in [5.41, 5.74) is 3.85. The summed E-state index contributed by atoms with van der Waals surface area (Å²) in [6.45, 7) is 6.38. The second kappa shape index (κ2) is 4.36. The Bertz CT molecular complexity index is 606. The van der Waals surface area contributed by atoms with Crippen LogP contribution in [-0.2, 0) is 6.42 Å². The molecule has 0 unspecified atom stereocenters. The molecule has 3 aliphatic rings. The zero-order valence-electron chi connectivity index (χ0n) is 12.7. The largest absolute Gasteiger partial charge is 0.508 e. The molecule has 0 aromatic heterocycles. The fourth-order valence-corrected chi connectivity index (χ4v) is 5.50. The number of phenols is 1. The number of benzene rings is 1. The van der Waals surface area contributed by atoms with Crippen LogP contribution in [0.25, 0.3) is 0 Å². The molecule has 1 aromatic rings. The molecule has 21 heavy (non-hydrogen) atoms. The molecule has 5 atom stereocenters. The average Bonchev–Trinajstić information content (AvgIpc) is 2.70. The zero-order valence-corrected chi connectivity index (χ0v) is 12.7. The van der Waals surface area contributed by atoms with Gasteiger partial charge >= 0.3 is 0 Å². The van der Waals surface area contributed by atoms with Crippen molar-refractivity contribution in [3.05, 3.63) is 41.5 Å². The van der Waals surface area contributed by atoms with Crippen LogP contribution in [0.15, 0.2) is 30.4 Å². The van der Waals surface area contributed by atoms with E-state index in [0.717, 1.165) is 31.3 Å². The van der Waals surface area contributed by atoms with E-state index in [1.165, 1.54) is 17.5 Å². The van der Waals surface area contributed by atoms with Crippen molar-refractivity contribution >= 4 is 0 Å². The van der Waals surface area contributed by atoms with E-state index < -0.39 is 0 Å². The molecule has 0 spiro atoms. The summed E-state index contributed by atoms with van der Waals surface area (Å²) < 4.78 is 0. The lowest BCUT2D eigenvalue weighted by atomic mass is 9.55. The third kappa shape index (κ3) is 1.75. The van der Waals surface area contributed by atoms with Crippen molar-refractivity contribution in [3.63, 3.8) is 0 Å². The minimum atomic E-state index is -0.315. The third-order valence-corrected chi connectivity index (χ3v) is 6.64. The van der Waals surface area contributed by atoms with Crippen LogP contribution < -0.4 is 0 Å². The molecule has 2 N–H and O–H groups in total. The molecule has 2 heteroatoms. The lowest BCUT2D eigenvalue weighted by Crippen LogP contribution is -2.44. The number of hydrogen-bond acceptors (Lipinski definition) is 2. The first-order valence-corrected chi connectivity index (χ1v) is 8.18. The maximum atomic E-state index is 10.5. The van der Waals surface area contributed by atoms with E-state index in [9.17, 15) is 10.2 Å². The predicted molar refractivity (Wildman–Crippen MR) is 83.3 cm³/mol. The Morgan fingerprint density at radius 1 is 1.29 bits per heavy atom. The van der Waals surface area contributed by atoms with Crippen LogP contribution >= 0.6 is 0 Å². The van der Waals surface area contributed by atoms with Gasteiger partial charge in [0, 0.05) is 5.41 Å². The highest BCUT2D eigenvalue weighted by Gasteiger charge is 2.55. The molecule has 0 aliphatic heterocycles. The molecule has 0 amide bonds. The maximum absolute atomic E-state index is 10.5. The molecule has 0 radical (unpaired) electrons. The Labute approximate surface area is 126 Å². The third-order valence-electron chi connectivity index (χ3n) is 6.64. The first-order chi connectivity index (χ1) is 10.0. The van der Waals surface area contributed by atoms with Crippen LogP contribution in [0, 0.1) is 17.3 Å². The molecule has 0 heterocycles. The lowest BCUT2D eigenvalue weighted by molar-refractivity contribution is -0.0159. The standard InChI is InChI=1S/C19H24O2/c1-11-9-17-16-5-3-12-10-13(20)4-6-14(12)15(16)7-8-19(17,2)18(11)21/h4,6,10,15-18,20-21H,1,3,5,7-9H2,2H3/t15-,16-,17+,18-,19+/m1/s1. The van der Waals surface area contributed by atoms with Crippen molar-refractivity contribution in [2.24, 2.45) is 17.3 Å². The normalized spacial score (nSPS) is 41.3. The van der Waals surface area contributed by atoms with Crippen LogP contribution in [0.1, 0.15) is 49.7 Å². The van der Waals surface area contributed by atoms with E-state index in [1.54, 1.807) is 0 Å². The maximum Gasteiger partial charge on any atom is 0.115 e. The van der Waals surface area contributed by atoms with Gasteiger partial charge in [0.25, 0.3) is 0 Å². The minimum Gasteiger partial charge on any atom is -0.508 e. The highest BCUT2D eigenvalue weighted by atomic mass is 16.3. The zero-order chi connectivity index (χ0) is 14.8. The monoisotopic (exact) mass is 284 g/mol. The lowest BCUT2D eigenvalue weighted by Gasteiger charge is -2.49. The van der Waals surface area contributed by atoms with E-state index in [2.05, 4.69) is 19.6 Å². The van der Waals surface area contributed by atoms with Crippen LogP contribution in [0.5, 0.6) is 5.75 Å². The van der Waals surface area contributed by atoms with Crippen molar-refractivity contribution in [2.75, 3.05) is 0 Å². The first-order valence-electron chi connectivity index (χ1n) is 8.18. The Morgan fingerprint density at radius 2 is 2.10 bits per heavy atom. The SMILES string of the molecule is C=C1C[C@H]2[C@@H]3CCc4cc(O)ccc4[C@H]3CC[C@]2(C)[C@@H]1O. The van der Waals surface area contributed by atoms with E-state index in [0.29, 0.717) is 23.5 Å². The summed E-state index contributed by atoms with van der Waals surface area (Å²) in [6, 6.07) is 5.91. The van der Waals surface area contributed by atoms with E-state index in [-0.39, 0.29) is 11.5 Å². The molecule has 3 aliphatic carbocycles. The van der Waals surface area contributed by atoms with Gasteiger partial charge in [-0.3, -0.25) is 0 Å². The molecule has 0 saturated heterocycles. The number of aliphatic hydroxyl groups is 1. The fraction of sp³-hybridized carbons (Fsp3) is 0.579. The second-order valence-electron chi connectivity index (χ2n) is 7.61. The molecule has 0 bridgehead atoms. The van der Waals surface area contributed by atoms with E-state index in [1.807, 2.05) is 12.1 Å². The average molecular weight is 284 g/mol. The van der Waals surface area contributed by atoms with Crippen molar-refractivity contribution < 1.29 is 10.2 Å². The Morgan fingerprint density at radius 3 is 2.90 bits per heavy atom. The predicted octanol–water partition coefficient (Wildman–Crippen LogP) is 3.78. The summed E-state index contributed by atoms with van der Waals surface area (Å²) in [7, 11) is 0. The number of aromatic hydroxyl groups is 1. The number of aliphatic hydroxyl groups excluding tert-OH is 1. The van der Waals surface area contributed by atoms with Gasteiger partial charge in [0.05, 0.1) is 6.10 Å². The molecule has 2 nitrogen and oxygen atoms in total. The van der Waals surface area contributed by atoms with Crippen LogP contribution in [0.4, 0.5) is 0 Å². The quantitative estimate of drug-likeness (QED) is 0.712. The first kappa shape index (κ1) is 13.4. The van der Waals surface area contributed by atoms with E-state index in [4.69, 9.17) is 0 Å². The van der Waals surface area contributed by atoms with Crippen molar-refractivity contribution in [1.82, 2.24) is 0 Å². The molecule has 1 aromatic carbocycles. The Balaban J connectivity index is 1.73. The Hall–Kier alpha value is -1.28. The van der Waals surface area contributed by atoms with Crippen LogP contribution in [0.3, 0.4) is 0 Å². The summed E-state index contributed by atoms with van der Waals surface area (Å²) in [4.78, 5) is 0. The smallest absolute Gasteiger partial charge is 0.115 e. The number of fused-ring (bicyclic) bond motifs is 5. The van der Waals surface area contributed by atoms with Gasteiger partial charge in [0.15, 0.2) is 0 Å². The molecule has 2 saturated carbocycles. The molecule has 2 fully saturated rings. The van der Waals surface area contributed by atoms with Crippen LogP contribution in [-0.4, -0.2) is 16.3 Å². The highest BCUT2D eigenvalue weighted by molar-refractivity contribution is 5.40. The summed E-state index contributed by atoms with van der Waals surface area (Å²) in [5, 5.41) is 20.2. The van der Waals surface area contributed by atoms with Crippen molar-refractivity contribution in [3.8, 4) is 5.75 Å². The highest BCUT2D eigenvalue weighted by Crippen LogP contribution is 2.61. The second-order valence-corrected chi connectivity index (χ2v) is 7.61. The molecular weight excluding hydrogens is 260 g/mol. The van der Waals surface area contributed by atoms with E-state index >= 15 is 0 Å². The topological polar surface area (TPSA) is 40.5 Å². The van der Waals surface area contributed by atoms with Gasteiger partial charge in [-0.2, -0.15) is 0 Å². The summed E-state index contributed by atoms with van der Waals surface area (Å²) in [5.74, 6) is 2.22. The van der Waals surface area contributed by atoms with Crippen LogP contribution in [0.2, 0.25) is 0 Å². The number of phenolic OH excluding ortho intramolecular Hbond substituents is 1. The molecular formula is C19H24O2. The summed E-state index contributed by atoms with van der Waals surface area (Å²) in [6.07, 6.45) is 5.15. The number of rotatable bonds is 0. The van der Waals surface area contributed by atoms with Crippen molar-refractivity contribution in [1.29, 1.82) is 0 Å². The Kier molecular flexibility index (Phi) is 2.78.